The smallest absolute Gasteiger partial charge is 0.166 e. The third-order valence-corrected chi connectivity index (χ3v) is 4.08. The number of hydrogen-bond acceptors (Lipinski definition) is 4. The summed E-state index contributed by atoms with van der Waals surface area (Å²) in [5.74, 6) is 1.74. The maximum Gasteiger partial charge on any atom is 0.166 e. The first-order valence-corrected chi connectivity index (χ1v) is 7.98. The molecule has 0 bridgehead atoms. The number of benzene rings is 1. The molecule has 3 nitrogen and oxygen atoms in total. The second-order valence-electron chi connectivity index (χ2n) is 4.82. The molecule has 0 fully saturated rings. The van der Waals surface area contributed by atoms with Crippen LogP contribution < -0.4 is 14.8 Å². The van der Waals surface area contributed by atoms with Gasteiger partial charge in [-0.15, -0.1) is 0 Å². The minimum Gasteiger partial charge on any atom is -0.486 e. The van der Waals surface area contributed by atoms with E-state index in [2.05, 4.69) is 35.1 Å². The SMILES string of the molecule is CCCNC(c1ccsc1)c1cccc2c1OCCO2. The van der Waals surface area contributed by atoms with E-state index in [1.165, 1.54) is 5.56 Å². The van der Waals surface area contributed by atoms with Crippen LogP contribution >= 0.6 is 11.3 Å². The van der Waals surface area contributed by atoms with E-state index in [0.29, 0.717) is 13.2 Å². The highest BCUT2D eigenvalue weighted by atomic mass is 32.1. The molecular weight excluding hydrogens is 270 g/mol. The molecule has 1 aliphatic heterocycles. The number of hydrogen-bond donors (Lipinski definition) is 1. The summed E-state index contributed by atoms with van der Waals surface area (Å²) in [5, 5.41) is 7.91. The first-order valence-electron chi connectivity index (χ1n) is 7.04. The predicted octanol–water partition coefficient (Wildman–Crippen LogP) is 3.61. The lowest BCUT2D eigenvalue weighted by Gasteiger charge is -2.25. The summed E-state index contributed by atoms with van der Waals surface area (Å²) in [6.45, 7) is 4.40. The molecule has 106 valence electrons. The summed E-state index contributed by atoms with van der Waals surface area (Å²) in [6, 6.07) is 8.47. The summed E-state index contributed by atoms with van der Waals surface area (Å²) in [7, 11) is 0. The molecule has 1 aromatic heterocycles. The van der Waals surface area contributed by atoms with Gasteiger partial charge in [0.1, 0.15) is 13.2 Å². The molecular formula is C16H19NO2S. The first-order chi connectivity index (χ1) is 9.90. The highest BCUT2D eigenvalue weighted by Gasteiger charge is 2.23. The molecule has 1 aromatic carbocycles. The van der Waals surface area contributed by atoms with Crippen LogP contribution in [0.25, 0.3) is 0 Å². The Balaban J connectivity index is 1.98. The molecule has 1 atom stereocenters. The van der Waals surface area contributed by atoms with E-state index in [4.69, 9.17) is 9.47 Å². The minimum absolute atomic E-state index is 0.165. The van der Waals surface area contributed by atoms with Gasteiger partial charge in [-0.2, -0.15) is 11.3 Å². The van der Waals surface area contributed by atoms with Gasteiger partial charge in [-0.3, -0.25) is 0 Å². The van der Waals surface area contributed by atoms with Crippen molar-refractivity contribution in [3.8, 4) is 11.5 Å². The number of thiophene rings is 1. The second-order valence-corrected chi connectivity index (χ2v) is 5.60. The van der Waals surface area contributed by atoms with Gasteiger partial charge in [0.15, 0.2) is 11.5 Å². The average Bonchev–Trinajstić information content (AvgIpc) is 3.02. The van der Waals surface area contributed by atoms with Gasteiger partial charge in [0, 0.05) is 5.56 Å². The van der Waals surface area contributed by atoms with E-state index in [-0.39, 0.29) is 6.04 Å². The average molecular weight is 289 g/mol. The van der Waals surface area contributed by atoms with Crippen LogP contribution in [0.1, 0.15) is 30.5 Å². The molecule has 2 aromatic rings. The molecule has 4 heteroatoms. The van der Waals surface area contributed by atoms with Crippen LogP contribution in [0, 0.1) is 0 Å². The Morgan fingerprint density at radius 1 is 1.25 bits per heavy atom. The lowest BCUT2D eigenvalue weighted by atomic mass is 9.99. The molecule has 20 heavy (non-hydrogen) atoms. The van der Waals surface area contributed by atoms with Crippen molar-refractivity contribution >= 4 is 11.3 Å². The Kier molecular flexibility index (Phi) is 4.23. The van der Waals surface area contributed by atoms with Crippen molar-refractivity contribution in [2.75, 3.05) is 19.8 Å². The Bertz CT molecular complexity index is 554. The molecule has 2 heterocycles. The van der Waals surface area contributed by atoms with E-state index in [9.17, 15) is 0 Å². The molecule has 1 unspecified atom stereocenters. The fraction of sp³-hybridized carbons (Fsp3) is 0.375. The van der Waals surface area contributed by atoms with Crippen LogP contribution in [0.5, 0.6) is 11.5 Å². The van der Waals surface area contributed by atoms with Crippen LogP contribution in [-0.4, -0.2) is 19.8 Å². The maximum absolute atomic E-state index is 5.85. The van der Waals surface area contributed by atoms with E-state index >= 15 is 0 Å². The normalized spacial score (nSPS) is 15.1. The molecule has 0 spiro atoms. The van der Waals surface area contributed by atoms with Crippen molar-refractivity contribution in [2.24, 2.45) is 0 Å². The number of rotatable bonds is 5. The van der Waals surface area contributed by atoms with Crippen LogP contribution in [-0.2, 0) is 0 Å². The molecule has 0 amide bonds. The van der Waals surface area contributed by atoms with Gasteiger partial charge in [0.05, 0.1) is 6.04 Å². The second kappa shape index (κ2) is 6.29. The van der Waals surface area contributed by atoms with Crippen molar-refractivity contribution in [3.05, 3.63) is 46.2 Å². The van der Waals surface area contributed by atoms with Gasteiger partial charge in [0.2, 0.25) is 0 Å². The lowest BCUT2D eigenvalue weighted by molar-refractivity contribution is 0.169. The van der Waals surface area contributed by atoms with E-state index in [1.807, 2.05) is 12.1 Å². The topological polar surface area (TPSA) is 30.5 Å². The standard InChI is InChI=1S/C16H19NO2S/c1-2-7-17-15(12-6-10-20-11-12)13-4-3-5-14-16(13)19-9-8-18-14/h3-6,10-11,15,17H,2,7-9H2,1H3. The van der Waals surface area contributed by atoms with Crippen LogP contribution in [0.3, 0.4) is 0 Å². The Morgan fingerprint density at radius 2 is 2.15 bits per heavy atom. The van der Waals surface area contributed by atoms with Gasteiger partial charge in [-0.25, -0.2) is 0 Å². The molecule has 0 radical (unpaired) electrons. The summed E-state index contributed by atoms with van der Waals surface area (Å²) in [6.07, 6.45) is 1.10. The van der Waals surface area contributed by atoms with Crippen molar-refractivity contribution in [2.45, 2.75) is 19.4 Å². The highest BCUT2D eigenvalue weighted by molar-refractivity contribution is 7.08. The van der Waals surface area contributed by atoms with E-state index in [0.717, 1.165) is 30.0 Å². The summed E-state index contributed by atoms with van der Waals surface area (Å²) in [5.41, 5.74) is 2.44. The molecule has 1 N–H and O–H groups in total. The zero-order chi connectivity index (χ0) is 13.8. The van der Waals surface area contributed by atoms with E-state index in [1.54, 1.807) is 11.3 Å². The molecule has 1 aliphatic rings. The van der Waals surface area contributed by atoms with E-state index < -0.39 is 0 Å². The number of ether oxygens (including phenoxy) is 2. The van der Waals surface area contributed by atoms with Gasteiger partial charge in [-0.05, 0) is 41.4 Å². The predicted molar refractivity (Wildman–Crippen MR) is 81.9 cm³/mol. The first kappa shape index (κ1) is 13.5. The van der Waals surface area contributed by atoms with Gasteiger partial charge in [0.25, 0.3) is 0 Å². The number of fused-ring (bicyclic) bond motifs is 1. The van der Waals surface area contributed by atoms with Crippen LogP contribution in [0.4, 0.5) is 0 Å². The Morgan fingerprint density at radius 3 is 2.95 bits per heavy atom. The third kappa shape index (κ3) is 2.67. The zero-order valence-electron chi connectivity index (χ0n) is 11.6. The Hall–Kier alpha value is -1.52. The van der Waals surface area contributed by atoms with Gasteiger partial charge >= 0.3 is 0 Å². The molecule has 0 aliphatic carbocycles. The fourth-order valence-corrected chi connectivity index (χ4v) is 3.14. The Labute approximate surface area is 123 Å². The van der Waals surface area contributed by atoms with Crippen LogP contribution in [0.15, 0.2) is 35.0 Å². The van der Waals surface area contributed by atoms with Gasteiger partial charge in [-0.1, -0.05) is 19.1 Å². The number of para-hydroxylation sites is 1. The fourth-order valence-electron chi connectivity index (χ4n) is 2.46. The largest absolute Gasteiger partial charge is 0.486 e. The molecule has 0 saturated heterocycles. The summed E-state index contributed by atoms with van der Waals surface area (Å²) in [4.78, 5) is 0. The lowest BCUT2D eigenvalue weighted by Crippen LogP contribution is -2.25. The zero-order valence-corrected chi connectivity index (χ0v) is 12.4. The van der Waals surface area contributed by atoms with Gasteiger partial charge < -0.3 is 14.8 Å². The third-order valence-electron chi connectivity index (χ3n) is 3.38. The van der Waals surface area contributed by atoms with Crippen molar-refractivity contribution < 1.29 is 9.47 Å². The van der Waals surface area contributed by atoms with Crippen LogP contribution in [0.2, 0.25) is 0 Å². The highest BCUT2D eigenvalue weighted by Crippen LogP contribution is 2.39. The van der Waals surface area contributed by atoms with Crippen molar-refractivity contribution in [1.29, 1.82) is 0 Å². The minimum atomic E-state index is 0.165. The quantitative estimate of drug-likeness (QED) is 0.912. The van der Waals surface area contributed by atoms with Crippen molar-refractivity contribution in [3.63, 3.8) is 0 Å². The number of nitrogens with one attached hydrogen (secondary N) is 1. The molecule has 3 rings (SSSR count). The molecule has 0 saturated carbocycles. The summed E-state index contributed by atoms with van der Waals surface area (Å²) < 4.78 is 11.5. The monoisotopic (exact) mass is 289 g/mol. The maximum atomic E-state index is 5.85. The summed E-state index contributed by atoms with van der Waals surface area (Å²) >= 11 is 1.72. The van der Waals surface area contributed by atoms with Crippen molar-refractivity contribution in [1.82, 2.24) is 5.32 Å².